The van der Waals surface area contributed by atoms with Crippen LogP contribution >= 0.6 is 7.60 Å². The van der Waals surface area contributed by atoms with Crippen molar-refractivity contribution in [1.29, 1.82) is 0 Å². The summed E-state index contributed by atoms with van der Waals surface area (Å²) >= 11 is 0. The molecule has 3 heterocycles. The molecule has 0 radical (unpaired) electrons. The number of nitrogens with zero attached hydrogens (tertiary/aromatic N) is 4. The molecule has 0 bridgehead atoms. The molecule has 214 valence electrons. The number of sulfonamides is 1. The SMILES string of the molecule is CCCc1nn(C)c2c(=O)[nH]c(-c3cc(S(=O)(=O)N4CCC(CP(=O)(O)OCC)CC4)ccc3OCC)nc12. The molecule has 14 heteroatoms. The summed E-state index contributed by atoms with van der Waals surface area (Å²) in [7, 11) is -5.88. The van der Waals surface area contributed by atoms with E-state index in [-0.39, 0.29) is 48.1 Å². The molecular weight excluding hydrogens is 545 g/mol. The molecule has 39 heavy (non-hydrogen) atoms. The van der Waals surface area contributed by atoms with Crippen molar-refractivity contribution >= 4 is 28.7 Å². The van der Waals surface area contributed by atoms with Gasteiger partial charge in [-0.3, -0.25) is 14.0 Å². The maximum atomic E-state index is 13.6. The van der Waals surface area contributed by atoms with Crippen LogP contribution in [0.5, 0.6) is 5.75 Å². The molecule has 2 N–H and O–H groups in total. The smallest absolute Gasteiger partial charge is 0.328 e. The lowest BCUT2D eigenvalue weighted by Gasteiger charge is -2.31. The second kappa shape index (κ2) is 11.9. The van der Waals surface area contributed by atoms with Gasteiger partial charge in [0.15, 0.2) is 5.52 Å². The molecule has 1 fully saturated rings. The van der Waals surface area contributed by atoms with Crippen molar-refractivity contribution in [2.75, 3.05) is 32.5 Å². The van der Waals surface area contributed by atoms with Crippen molar-refractivity contribution in [2.45, 2.75) is 51.3 Å². The third kappa shape index (κ3) is 6.28. The normalized spacial score (nSPS) is 16.9. The molecule has 1 saturated heterocycles. The first-order chi connectivity index (χ1) is 18.5. The molecule has 0 aliphatic carbocycles. The van der Waals surface area contributed by atoms with E-state index in [4.69, 9.17) is 14.2 Å². The highest BCUT2D eigenvalue weighted by Gasteiger charge is 2.33. The number of aryl methyl sites for hydroxylation is 2. The van der Waals surface area contributed by atoms with Crippen LogP contribution in [-0.4, -0.2) is 69.8 Å². The Hall–Kier alpha value is -2.57. The van der Waals surface area contributed by atoms with E-state index in [1.165, 1.54) is 21.1 Å². The maximum absolute atomic E-state index is 13.6. The molecule has 0 amide bonds. The fourth-order valence-electron chi connectivity index (χ4n) is 4.98. The number of ether oxygens (including phenoxy) is 1. The summed E-state index contributed by atoms with van der Waals surface area (Å²) in [6.07, 6.45) is 2.39. The minimum Gasteiger partial charge on any atom is -0.493 e. The minimum atomic E-state index is -3.89. The maximum Gasteiger partial charge on any atom is 0.328 e. The first kappa shape index (κ1) is 29.4. The van der Waals surface area contributed by atoms with Crippen molar-refractivity contribution < 1.29 is 27.1 Å². The highest BCUT2D eigenvalue weighted by atomic mass is 32.2. The van der Waals surface area contributed by atoms with Crippen LogP contribution in [0, 0.1) is 5.92 Å². The minimum absolute atomic E-state index is 0.0117. The highest BCUT2D eigenvalue weighted by molar-refractivity contribution is 7.89. The number of aromatic nitrogens is 4. The van der Waals surface area contributed by atoms with Gasteiger partial charge in [-0.1, -0.05) is 13.3 Å². The third-order valence-corrected chi connectivity index (χ3v) is 10.3. The van der Waals surface area contributed by atoms with Crippen LogP contribution in [0.25, 0.3) is 22.4 Å². The van der Waals surface area contributed by atoms with Gasteiger partial charge in [-0.2, -0.15) is 9.40 Å². The standard InChI is InChI=1S/C25H36N5O7PS/c1-5-8-20-22-23(29(4)28-20)25(31)27-24(26-22)19-15-18(9-10-21(19)36-6-2)39(34,35)30-13-11-17(12-14-30)16-38(32,33)37-7-3/h9-10,15,17H,5-8,11-14,16H2,1-4H3,(H,32,33)(H,26,27,31). The number of hydrogen-bond acceptors (Lipinski definition) is 8. The zero-order chi connectivity index (χ0) is 28.4. The Labute approximate surface area is 227 Å². The zero-order valence-electron chi connectivity index (χ0n) is 22.7. The van der Waals surface area contributed by atoms with Gasteiger partial charge in [-0.05, 0) is 57.2 Å². The molecule has 1 aliphatic rings. The summed E-state index contributed by atoms with van der Waals surface area (Å²) < 4.78 is 53.0. The first-order valence-corrected chi connectivity index (χ1v) is 16.4. The monoisotopic (exact) mass is 581 g/mol. The van der Waals surface area contributed by atoms with Gasteiger partial charge in [-0.15, -0.1) is 0 Å². The van der Waals surface area contributed by atoms with E-state index < -0.39 is 17.6 Å². The Balaban J connectivity index is 1.67. The highest BCUT2D eigenvalue weighted by Crippen LogP contribution is 2.45. The molecule has 4 rings (SSSR count). The summed E-state index contributed by atoms with van der Waals surface area (Å²) in [6.45, 7) is 6.42. The van der Waals surface area contributed by atoms with E-state index in [0.29, 0.717) is 53.9 Å². The Kier molecular flexibility index (Phi) is 8.97. The van der Waals surface area contributed by atoms with E-state index >= 15 is 0 Å². The molecule has 3 aromatic rings. The van der Waals surface area contributed by atoms with Crippen molar-refractivity contribution in [1.82, 2.24) is 24.1 Å². The average molecular weight is 582 g/mol. The Bertz CT molecular complexity index is 1540. The third-order valence-electron chi connectivity index (χ3n) is 6.79. The number of nitrogens with one attached hydrogen (secondary N) is 1. The van der Waals surface area contributed by atoms with Crippen molar-refractivity contribution in [3.8, 4) is 17.1 Å². The predicted molar refractivity (Wildman–Crippen MR) is 148 cm³/mol. The lowest BCUT2D eigenvalue weighted by molar-refractivity contribution is 0.248. The van der Waals surface area contributed by atoms with Crippen LogP contribution in [0.2, 0.25) is 0 Å². The molecule has 1 atom stereocenters. The summed E-state index contributed by atoms with van der Waals surface area (Å²) in [6, 6.07) is 4.53. The van der Waals surface area contributed by atoms with Crippen LogP contribution < -0.4 is 10.3 Å². The lowest BCUT2D eigenvalue weighted by Crippen LogP contribution is -2.39. The first-order valence-electron chi connectivity index (χ1n) is 13.2. The van der Waals surface area contributed by atoms with Crippen molar-refractivity contribution in [3.63, 3.8) is 0 Å². The van der Waals surface area contributed by atoms with E-state index in [1.807, 2.05) is 13.8 Å². The van der Waals surface area contributed by atoms with E-state index in [0.717, 1.165) is 6.42 Å². The summed E-state index contributed by atoms with van der Waals surface area (Å²) in [4.78, 5) is 30.5. The van der Waals surface area contributed by atoms with E-state index in [9.17, 15) is 22.7 Å². The molecule has 1 aliphatic heterocycles. The van der Waals surface area contributed by atoms with Gasteiger partial charge < -0.3 is 19.1 Å². The van der Waals surface area contributed by atoms with Gasteiger partial charge in [0.2, 0.25) is 10.0 Å². The Morgan fingerprint density at radius 2 is 1.90 bits per heavy atom. The molecular formula is C25H36N5O7PS. The Morgan fingerprint density at radius 3 is 2.54 bits per heavy atom. The summed E-state index contributed by atoms with van der Waals surface area (Å²) in [5.74, 6) is 0.493. The average Bonchev–Trinajstić information content (AvgIpc) is 3.20. The molecule has 0 saturated carbocycles. The van der Waals surface area contributed by atoms with Gasteiger partial charge in [0.1, 0.15) is 17.1 Å². The van der Waals surface area contributed by atoms with Gasteiger partial charge >= 0.3 is 7.60 Å². The zero-order valence-corrected chi connectivity index (χ0v) is 24.4. The number of benzene rings is 1. The molecule has 2 aromatic heterocycles. The van der Waals surface area contributed by atoms with Gasteiger partial charge in [0.05, 0.1) is 35.5 Å². The van der Waals surface area contributed by atoms with Crippen LogP contribution in [0.4, 0.5) is 0 Å². The molecule has 0 spiro atoms. The fourth-order valence-corrected chi connectivity index (χ4v) is 8.00. The topological polar surface area (TPSA) is 157 Å². The summed E-state index contributed by atoms with van der Waals surface area (Å²) in [5.41, 5.74) is 1.51. The largest absolute Gasteiger partial charge is 0.493 e. The fraction of sp³-hybridized carbons (Fsp3) is 0.560. The summed E-state index contributed by atoms with van der Waals surface area (Å²) in [5, 5.41) is 4.45. The van der Waals surface area contributed by atoms with Gasteiger partial charge in [0.25, 0.3) is 5.56 Å². The van der Waals surface area contributed by atoms with E-state index in [2.05, 4.69) is 10.1 Å². The predicted octanol–water partition coefficient (Wildman–Crippen LogP) is 3.30. The number of fused-ring (bicyclic) bond motifs is 1. The number of H-pyrrole nitrogens is 1. The number of hydrogen-bond donors (Lipinski definition) is 2. The second-order valence-electron chi connectivity index (χ2n) is 9.61. The number of rotatable bonds is 11. The van der Waals surface area contributed by atoms with Gasteiger partial charge in [-0.25, -0.2) is 13.4 Å². The quantitative estimate of drug-likeness (QED) is 0.324. The Morgan fingerprint density at radius 1 is 1.18 bits per heavy atom. The van der Waals surface area contributed by atoms with Crippen LogP contribution in [0.1, 0.15) is 45.7 Å². The van der Waals surface area contributed by atoms with E-state index in [1.54, 1.807) is 20.0 Å². The molecule has 1 aromatic carbocycles. The molecule has 1 unspecified atom stereocenters. The lowest BCUT2D eigenvalue weighted by atomic mass is 10.0. The van der Waals surface area contributed by atoms with Crippen molar-refractivity contribution in [3.05, 3.63) is 34.2 Å². The second-order valence-corrected chi connectivity index (χ2v) is 13.4. The van der Waals surface area contributed by atoms with Crippen molar-refractivity contribution in [2.24, 2.45) is 13.0 Å². The molecule has 12 nitrogen and oxygen atoms in total. The van der Waals surface area contributed by atoms with Crippen LogP contribution in [0.15, 0.2) is 27.9 Å². The van der Waals surface area contributed by atoms with Crippen LogP contribution in [-0.2, 0) is 32.6 Å². The number of aromatic amines is 1. The number of piperidine rings is 1. The van der Waals surface area contributed by atoms with Crippen LogP contribution in [0.3, 0.4) is 0 Å². The van der Waals surface area contributed by atoms with Gasteiger partial charge in [0, 0.05) is 20.1 Å².